The molecule has 2 N–H and O–H groups in total. The van der Waals surface area contributed by atoms with Crippen LogP contribution in [-0.4, -0.2) is 15.2 Å². The van der Waals surface area contributed by atoms with Gasteiger partial charge in [0.05, 0.1) is 12.3 Å². The van der Waals surface area contributed by atoms with Gasteiger partial charge in [-0.15, -0.1) is 0 Å². The lowest BCUT2D eigenvalue weighted by Gasteiger charge is -2.07. The van der Waals surface area contributed by atoms with Gasteiger partial charge in [0.2, 0.25) is 0 Å². The third kappa shape index (κ3) is 2.12. The monoisotopic (exact) mass is 193 g/mol. The Labute approximate surface area is 83.7 Å². The Morgan fingerprint density at radius 3 is 2.79 bits per heavy atom. The number of aromatic hydroxyl groups is 1. The van der Waals surface area contributed by atoms with Crippen molar-refractivity contribution in [2.24, 2.45) is 0 Å². The zero-order valence-electron chi connectivity index (χ0n) is 8.49. The number of pyridine rings is 1. The van der Waals surface area contributed by atoms with Crippen LogP contribution < -0.4 is 0 Å². The molecule has 1 aromatic heterocycles. The molecule has 3 nitrogen and oxygen atoms in total. The highest BCUT2D eigenvalue weighted by atomic mass is 16.3. The lowest BCUT2D eigenvalue weighted by Crippen LogP contribution is -1.94. The molecule has 14 heavy (non-hydrogen) atoms. The first-order chi connectivity index (χ1) is 6.70. The molecule has 0 atom stereocenters. The third-order valence-corrected chi connectivity index (χ3v) is 2.05. The van der Waals surface area contributed by atoms with E-state index in [0.717, 1.165) is 6.42 Å². The first-order valence-corrected chi connectivity index (χ1v) is 4.65. The van der Waals surface area contributed by atoms with Crippen LogP contribution in [0.3, 0.4) is 0 Å². The van der Waals surface area contributed by atoms with E-state index in [1.807, 2.05) is 19.1 Å². The van der Waals surface area contributed by atoms with Crippen LogP contribution in [0.5, 0.6) is 5.75 Å². The molecule has 0 fully saturated rings. The van der Waals surface area contributed by atoms with Gasteiger partial charge in [-0.25, -0.2) is 0 Å². The fourth-order valence-corrected chi connectivity index (χ4v) is 1.20. The maximum Gasteiger partial charge on any atom is 0.144 e. The first kappa shape index (κ1) is 10.7. The molecule has 0 aromatic carbocycles. The van der Waals surface area contributed by atoms with E-state index in [2.05, 4.69) is 4.98 Å². The number of allylic oxidation sites excluding steroid dienone is 1. The van der Waals surface area contributed by atoms with Gasteiger partial charge in [-0.05, 0) is 13.3 Å². The van der Waals surface area contributed by atoms with E-state index in [4.69, 9.17) is 5.11 Å². The summed E-state index contributed by atoms with van der Waals surface area (Å²) in [5.74, 6) is 0.154. The van der Waals surface area contributed by atoms with Crippen molar-refractivity contribution in [1.29, 1.82) is 0 Å². The molecule has 1 rings (SSSR count). The minimum Gasteiger partial charge on any atom is -0.505 e. The van der Waals surface area contributed by atoms with Gasteiger partial charge in [-0.2, -0.15) is 0 Å². The van der Waals surface area contributed by atoms with Crippen LogP contribution in [0.15, 0.2) is 12.3 Å². The Morgan fingerprint density at radius 1 is 1.50 bits per heavy atom. The Morgan fingerprint density at radius 2 is 2.21 bits per heavy atom. The van der Waals surface area contributed by atoms with Gasteiger partial charge in [-0.3, -0.25) is 4.98 Å². The number of rotatable bonds is 3. The molecular weight excluding hydrogens is 178 g/mol. The van der Waals surface area contributed by atoms with E-state index in [1.165, 1.54) is 0 Å². The molecule has 1 heterocycles. The van der Waals surface area contributed by atoms with Crippen LogP contribution in [0, 0.1) is 6.92 Å². The normalized spacial score (nSPS) is 11.1. The van der Waals surface area contributed by atoms with Crippen LogP contribution in [0.2, 0.25) is 0 Å². The maximum atomic E-state index is 9.71. The molecule has 0 aliphatic carbocycles. The number of aryl methyl sites for hydroxylation is 1. The molecule has 0 bridgehead atoms. The van der Waals surface area contributed by atoms with Crippen molar-refractivity contribution >= 4 is 6.08 Å². The second-order valence-corrected chi connectivity index (χ2v) is 3.10. The van der Waals surface area contributed by atoms with Crippen molar-refractivity contribution in [1.82, 2.24) is 4.98 Å². The number of aromatic nitrogens is 1. The first-order valence-electron chi connectivity index (χ1n) is 4.65. The van der Waals surface area contributed by atoms with Crippen LogP contribution in [0.4, 0.5) is 0 Å². The minimum absolute atomic E-state index is 0.107. The van der Waals surface area contributed by atoms with Gasteiger partial charge in [0.25, 0.3) is 0 Å². The van der Waals surface area contributed by atoms with Crippen molar-refractivity contribution < 1.29 is 10.2 Å². The lowest BCUT2D eigenvalue weighted by atomic mass is 10.1. The summed E-state index contributed by atoms with van der Waals surface area (Å²) in [5.41, 5.74) is 1.90. The summed E-state index contributed by atoms with van der Waals surface area (Å²) >= 11 is 0. The Balaban J connectivity index is 3.21. The fourth-order valence-electron chi connectivity index (χ4n) is 1.20. The van der Waals surface area contributed by atoms with Gasteiger partial charge in [0, 0.05) is 17.3 Å². The number of aliphatic hydroxyl groups is 1. The second kappa shape index (κ2) is 4.77. The number of nitrogens with zero attached hydrogens (tertiary/aromatic N) is 1. The van der Waals surface area contributed by atoms with Crippen molar-refractivity contribution in [3.8, 4) is 5.75 Å². The molecule has 0 aliphatic heterocycles. The molecule has 76 valence electrons. The SMILES string of the molecule is CC/C=C/c1c(CO)cnc(C)c1O. The summed E-state index contributed by atoms with van der Waals surface area (Å²) in [6.45, 7) is 3.64. The Kier molecular flexibility index (Phi) is 3.65. The molecule has 0 aliphatic rings. The summed E-state index contributed by atoms with van der Waals surface area (Å²) in [6.07, 6.45) is 6.24. The molecule has 0 saturated heterocycles. The largest absolute Gasteiger partial charge is 0.505 e. The summed E-state index contributed by atoms with van der Waals surface area (Å²) in [7, 11) is 0. The van der Waals surface area contributed by atoms with Crippen LogP contribution in [-0.2, 0) is 6.61 Å². The number of aliphatic hydroxyl groups excluding tert-OH is 1. The van der Waals surface area contributed by atoms with Crippen molar-refractivity contribution in [2.75, 3.05) is 0 Å². The average Bonchev–Trinajstić information content (AvgIpc) is 2.20. The molecule has 0 amide bonds. The third-order valence-electron chi connectivity index (χ3n) is 2.05. The molecule has 0 radical (unpaired) electrons. The predicted molar refractivity (Wildman–Crippen MR) is 55.9 cm³/mol. The van der Waals surface area contributed by atoms with Gasteiger partial charge >= 0.3 is 0 Å². The quantitative estimate of drug-likeness (QED) is 0.772. The Hall–Kier alpha value is -1.35. The smallest absolute Gasteiger partial charge is 0.144 e. The topological polar surface area (TPSA) is 53.4 Å². The molecular formula is C11H15NO2. The standard InChI is InChI=1S/C11H15NO2/c1-3-4-5-10-9(7-13)6-12-8(2)11(10)14/h4-6,13-14H,3,7H2,1-2H3/b5-4+. The summed E-state index contributed by atoms with van der Waals surface area (Å²) in [5, 5.41) is 18.8. The summed E-state index contributed by atoms with van der Waals surface area (Å²) in [4.78, 5) is 3.97. The predicted octanol–water partition coefficient (Wildman–Crippen LogP) is 2.01. The molecule has 3 heteroatoms. The minimum atomic E-state index is -0.107. The number of hydrogen-bond donors (Lipinski definition) is 2. The fraction of sp³-hybridized carbons (Fsp3) is 0.364. The summed E-state index contributed by atoms with van der Waals surface area (Å²) in [6, 6.07) is 0. The van der Waals surface area contributed by atoms with Gasteiger partial charge in [0.1, 0.15) is 5.75 Å². The highest BCUT2D eigenvalue weighted by Gasteiger charge is 2.07. The van der Waals surface area contributed by atoms with Gasteiger partial charge < -0.3 is 10.2 Å². The van der Waals surface area contributed by atoms with E-state index in [-0.39, 0.29) is 12.4 Å². The van der Waals surface area contributed by atoms with E-state index >= 15 is 0 Å². The van der Waals surface area contributed by atoms with Crippen LogP contribution in [0.25, 0.3) is 6.08 Å². The molecule has 0 spiro atoms. The zero-order valence-corrected chi connectivity index (χ0v) is 8.49. The van der Waals surface area contributed by atoms with E-state index in [0.29, 0.717) is 16.8 Å². The molecule has 1 aromatic rings. The molecule has 0 saturated carbocycles. The van der Waals surface area contributed by atoms with E-state index in [9.17, 15) is 5.11 Å². The van der Waals surface area contributed by atoms with Gasteiger partial charge in [0.15, 0.2) is 0 Å². The highest BCUT2D eigenvalue weighted by Crippen LogP contribution is 2.25. The second-order valence-electron chi connectivity index (χ2n) is 3.10. The highest BCUT2D eigenvalue weighted by molar-refractivity contribution is 5.61. The van der Waals surface area contributed by atoms with Gasteiger partial charge in [-0.1, -0.05) is 19.1 Å². The van der Waals surface area contributed by atoms with Crippen molar-refractivity contribution in [3.05, 3.63) is 29.1 Å². The zero-order chi connectivity index (χ0) is 10.6. The Bertz CT molecular complexity index is 345. The lowest BCUT2D eigenvalue weighted by molar-refractivity contribution is 0.280. The summed E-state index contributed by atoms with van der Waals surface area (Å²) < 4.78 is 0. The maximum absolute atomic E-state index is 9.71. The average molecular weight is 193 g/mol. The van der Waals surface area contributed by atoms with Crippen molar-refractivity contribution in [2.45, 2.75) is 26.9 Å². The number of hydrogen-bond acceptors (Lipinski definition) is 3. The molecule has 0 unspecified atom stereocenters. The van der Waals surface area contributed by atoms with Crippen LogP contribution in [0.1, 0.15) is 30.2 Å². The van der Waals surface area contributed by atoms with E-state index < -0.39 is 0 Å². The van der Waals surface area contributed by atoms with E-state index in [1.54, 1.807) is 13.1 Å². The van der Waals surface area contributed by atoms with Crippen molar-refractivity contribution in [3.63, 3.8) is 0 Å². The van der Waals surface area contributed by atoms with Crippen LogP contribution >= 0.6 is 0 Å².